The minimum absolute atomic E-state index is 0.373. The molecule has 0 saturated carbocycles. The van der Waals surface area contributed by atoms with Gasteiger partial charge in [-0.05, 0) is 24.9 Å². The number of unbranched alkanes of at least 4 members (excludes halogenated alkanes) is 1. The van der Waals surface area contributed by atoms with Gasteiger partial charge in [0.15, 0.2) is 0 Å². The van der Waals surface area contributed by atoms with Crippen molar-refractivity contribution in [3.8, 4) is 0 Å². The Morgan fingerprint density at radius 3 is 2.53 bits per heavy atom. The van der Waals surface area contributed by atoms with E-state index in [4.69, 9.17) is 10.8 Å². The van der Waals surface area contributed by atoms with Crippen LogP contribution in [0, 0.1) is 0 Å². The second-order valence-electron chi connectivity index (χ2n) is 3.93. The van der Waals surface area contributed by atoms with E-state index in [9.17, 15) is 9.59 Å². The molecule has 6 heteroatoms. The summed E-state index contributed by atoms with van der Waals surface area (Å²) in [6, 6.07) is -1.44. The number of thioether (sulfide) groups is 1. The topological polar surface area (TPSA) is 92.4 Å². The fourth-order valence-corrected chi connectivity index (χ4v) is 1.81. The molecule has 1 amide bonds. The minimum atomic E-state index is -0.996. The number of carbonyl (C=O) groups is 2. The van der Waals surface area contributed by atoms with Crippen molar-refractivity contribution in [2.75, 3.05) is 12.0 Å². The van der Waals surface area contributed by atoms with Crippen molar-refractivity contribution in [1.29, 1.82) is 0 Å². The van der Waals surface area contributed by atoms with E-state index >= 15 is 0 Å². The van der Waals surface area contributed by atoms with Crippen molar-refractivity contribution >= 4 is 23.6 Å². The van der Waals surface area contributed by atoms with E-state index in [2.05, 4.69) is 5.32 Å². The average Bonchev–Trinajstić information content (AvgIpc) is 2.30. The maximum atomic E-state index is 11.6. The molecule has 2 atom stereocenters. The monoisotopic (exact) mass is 262 g/mol. The number of rotatable bonds is 9. The van der Waals surface area contributed by atoms with Gasteiger partial charge in [0.25, 0.3) is 0 Å². The van der Waals surface area contributed by atoms with Gasteiger partial charge in [-0.1, -0.05) is 19.8 Å². The van der Waals surface area contributed by atoms with Crippen LogP contribution in [0.2, 0.25) is 0 Å². The number of hydrogen-bond donors (Lipinski definition) is 3. The zero-order valence-electron chi connectivity index (χ0n) is 10.4. The molecule has 0 aromatic rings. The molecule has 0 aromatic heterocycles. The molecule has 5 nitrogen and oxygen atoms in total. The molecule has 17 heavy (non-hydrogen) atoms. The van der Waals surface area contributed by atoms with Crippen LogP contribution in [-0.2, 0) is 9.59 Å². The van der Waals surface area contributed by atoms with Crippen LogP contribution in [0.15, 0.2) is 0 Å². The van der Waals surface area contributed by atoms with Gasteiger partial charge < -0.3 is 16.2 Å². The molecule has 0 rings (SSSR count). The third kappa shape index (κ3) is 7.23. The zero-order valence-corrected chi connectivity index (χ0v) is 11.3. The quantitative estimate of drug-likeness (QED) is 0.572. The van der Waals surface area contributed by atoms with Crippen molar-refractivity contribution < 1.29 is 14.7 Å². The number of aliphatic carboxylic acids is 1. The zero-order chi connectivity index (χ0) is 13.3. The molecule has 0 aliphatic carbocycles. The van der Waals surface area contributed by atoms with Crippen LogP contribution < -0.4 is 11.1 Å². The Kier molecular flexibility index (Phi) is 8.89. The fourth-order valence-electron chi connectivity index (χ4n) is 1.32. The first kappa shape index (κ1) is 16.2. The maximum Gasteiger partial charge on any atom is 0.326 e. The van der Waals surface area contributed by atoms with Gasteiger partial charge >= 0.3 is 5.97 Å². The number of hydrogen-bond acceptors (Lipinski definition) is 4. The molecule has 0 heterocycles. The van der Waals surface area contributed by atoms with E-state index < -0.39 is 18.1 Å². The lowest BCUT2D eigenvalue weighted by Crippen LogP contribution is -2.48. The summed E-state index contributed by atoms with van der Waals surface area (Å²) in [6.45, 7) is 1.98. The Hall–Kier alpha value is -0.750. The predicted molar refractivity (Wildman–Crippen MR) is 70.1 cm³/mol. The highest BCUT2D eigenvalue weighted by atomic mass is 32.2. The largest absolute Gasteiger partial charge is 0.480 e. The van der Waals surface area contributed by atoms with Gasteiger partial charge in [0.1, 0.15) is 6.04 Å². The SMILES string of the molecule is CCCCC(NC(=O)[C@H](N)CCSC)C(=O)O. The average molecular weight is 262 g/mol. The van der Waals surface area contributed by atoms with Gasteiger partial charge in [-0.25, -0.2) is 4.79 Å². The van der Waals surface area contributed by atoms with E-state index in [-0.39, 0.29) is 5.91 Å². The second-order valence-corrected chi connectivity index (χ2v) is 4.92. The lowest BCUT2D eigenvalue weighted by atomic mass is 10.1. The molecule has 0 spiro atoms. The normalized spacial score (nSPS) is 14.1. The Balaban J connectivity index is 4.15. The standard InChI is InChI=1S/C11H22N2O3S/c1-3-4-5-9(11(15)16)13-10(14)8(12)6-7-17-2/h8-9H,3-7,12H2,1-2H3,(H,13,14)(H,15,16)/t8-,9?/m1/s1. The molecule has 4 N–H and O–H groups in total. The molecule has 0 saturated heterocycles. The van der Waals surface area contributed by atoms with Crippen LogP contribution in [0.3, 0.4) is 0 Å². The van der Waals surface area contributed by atoms with E-state index in [1.807, 2.05) is 13.2 Å². The van der Waals surface area contributed by atoms with E-state index in [1.54, 1.807) is 11.8 Å². The smallest absolute Gasteiger partial charge is 0.326 e. The van der Waals surface area contributed by atoms with E-state index in [1.165, 1.54) is 0 Å². The number of amides is 1. The fraction of sp³-hybridized carbons (Fsp3) is 0.818. The lowest BCUT2D eigenvalue weighted by molar-refractivity contribution is -0.142. The van der Waals surface area contributed by atoms with Gasteiger partial charge in [-0.2, -0.15) is 11.8 Å². The number of carboxylic acids is 1. The maximum absolute atomic E-state index is 11.6. The molecule has 0 aliphatic heterocycles. The minimum Gasteiger partial charge on any atom is -0.480 e. The molecule has 0 aliphatic rings. The Labute approximate surface area is 107 Å². The van der Waals surface area contributed by atoms with Crippen molar-refractivity contribution in [3.05, 3.63) is 0 Å². The first-order valence-electron chi connectivity index (χ1n) is 5.80. The molecular formula is C11H22N2O3S. The Morgan fingerprint density at radius 1 is 1.41 bits per heavy atom. The Morgan fingerprint density at radius 2 is 2.06 bits per heavy atom. The van der Waals surface area contributed by atoms with E-state index in [0.29, 0.717) is 12.8 Å². The number of nitrogens with two attached hydrogens (primary N) is 1. The summed E-state index contributed by atoms with van der Waals surface area (Å²) in [6.07, 6.45) is 4.63. The van der Waals surface area contributed by atoms with Crippen molar-refractivity contribution in [2.45, 2.75) is 44.7 Å². The molecule has 0 aromatic carbocycles. The third-order valence-corrected chi connectivity index (χ3v) is 3.07. The molecule has 0 bridgehead atoms. The van der Waals surface area contributed by atoms with Crippen LogP contribution in [0.5, 0.6) is 0 Å². The summed E-state index contributed by atoms with van der Waals surface area (Å²) in [4.78, 5) is 22.5. The molecule has 100 valence electrons. The summed E-state index contributed by atoms with van der Waals surface area (Å²) in [7, 11) is 0. The molecular weight excluding hydrogens is 240 g/mol. The number of carbonyl (C=O) groups excluding carboxylic acids is 1. The lowest BCUT2D eigenvalue weighted by Gasteiger charge is -2.17. The third-order valence-electron chi connectivity index (χ3n) is 2.43. The van der Waals surface area contributed by atoms with Crippen LogP contribution in [0.25, 0.3) is 0 Å². The summed E-state index contributed by atoms with van der Waals surface area (Å²) in [5.41, 5.74) is 5.66. The predicted octanol–water partition coefficient (Wildman–Crippen LogP) is 0.826. The van der Waals surface area contributed by atoms with Gasteiger partial charge in [-0.15, -0.1) is 0 Å². The van der Waals surface area contributed by atoms with Gasteiger partial charge in [-0.3, -0.25) is 4.79 Å². The first-order valence-corrected chi connectivity index (χ1v) is 7.20. The van der Waals surface area contributed by atoms with Crippen molar-refractivity contribution in [1.82, 2.24) is 5.32 Å². The van der Waals surface area contributed by atoms with Gasteiger partial charge in [0.2, 0.25) is 5.91 Å². The van der Waals surface area contributed by atoms with Crippen molar-refractivity contribution in [2.24, 2.45) is 5.73 Å². The highest BCUT2D eigenvalue weighted by Gasteiger charge is 2.22. The van der Waals surface area contributed by atoms with E-state index in [0.717, 1.165) is 18.6 Å². The number of nitrogens with one attached hydrogen (secondary N) is 1. The molecule has 0 fully saturated rings. The molecule has 0 radical (unpaired) electrons. The Bertz CT molecular complexity index is 249. The first-order chi connectivity index (χ1) is 8.02. The van der Waals surface area contributed by atoms with Crippen LogP contribution in [-0.4, -0.2) is 41.1 Å². The molecule has 1 unspecified atom stereocenters. The summed E-state index contributed by atoms with van der Waals surface area (Å²) in [5, 5.41) is 11.4. The van der Waals surface area contributed by atoms with Gasteiger partial charge in [0, 0.05) is 0 Å². The van der Waals surface area contributed by atoms with Crippen LogP contribution in [0.1, 0.15) is 32.6 Å². The summed E-state index contributed by atoms with van der Waals surface area (Å²) < 4.78 is 0. The highest BCUT2D eigenvalue weighted by Crippen LogP contribution is 2.03. The van der Waals surface area contributed by atoms with Gasteiger partial charge in [0.05, 0.1) is 6.04 Å². The summed E-state index contributed by atoms with van der Waals surface area (Å²) in [5.74, 6) is -0.576. The van der Waals surface area contributed by atoms with Crippen LogP contribution >= 0.6 is 11.8 Å². The summed E-state index contributed by atoms with van der Waals surface area (Å²) >= 11 is 1.61. The van der Waals surface area contributed by atoms with Crippen LogP contribution in [0.4, 0.5) is 0 Å². The van der Waals surface area contributed by atoms with Crippen molar-refractivity contribution in [3.63, 3.8) is 0 Å². The second kappa shape index (κ2) is 9.30. The number of carboxylic acid groups (broad SMARTS) is 1. The highest BCUT2D eigenvalue weighted by molar-refractivity contribution is 7.98.